The second kappa shape index (κ2) is 4.49. The number of hydrogen-bond acceptors (Lipinski definition) is 2. The zero-order valence-electron chi connectivity index (χ0n) is 8.33. The summed E-state index contributed by atoms with van der Waals surface area (Å²) in [5.74, 6) is -1.86. The summed E-state index contributed by atoms with van der Waals surface area (Å²) >= 11 is 5.73. The van der Waals surface area contributed by atoms with E-state index < -0.39 is 17.3 Å². The zero-order valence-corrected chi connectivity index (χ0v) is 9.08. The van der Waals surface area contributed by atoms with Crippen LogP contribution in [0.25, 0.3) is 0 Å². The van der Waals surface area contributed by atoms with Gasteiger partial charge in [-0.15, -0.1) is 0 Å². The number of carbonyl (C=O) groups excluding carboxylic acids is 1. The van der Waals surface area contributed by atoms with Gasteiger partial charge < -0.3 is 10.4 Å². The van der Waals surface area contributed by atoms with Gasteiger partial charge in [-0.3, -0.25) is 4.79 Å². The summed E-state index contributed by atoms with van der Waals surface area (Å²) in [5, 5.41) is 11.1. The Hall–Kier alpha value is -1.62. The summed E-state index contributed by atoms with van der Waals surface area (Å²) < 4.78 is 12.8. The van der Waals surface area contributed by atoms with Crippen molar-refractivity contribution in [3.8, 4) is 0 Å². The Morgan fingerprint density at radius 1 is 1.62 bits per heavy atom. The van der Waals surface area contributed by atoms with Gasteiger partial charge in [0.1, 0.15) is 5.82 Å². The van der Waals surface area contributed by atoms with Crippen molar-refractivity contribution in [2.75, 3.05) is 0 Å². The van der Waals surface area contributed by atoms with E-state index in [0.29, 0.717) is 0 Å². The SMILES string of the molecule is CC(NC=O)(C(=O)O)c1ccc(F)cc1Cl. The molecule has 0 radical (unpaired) electrons. The number of nitrogens with one attached hydrogen (secondary N) is 1. The summed E-state index contributed by atoms with van der Waals surface area (Å²) in [5.41, 5.74) is -1.55. The molecular formula is C10H9ClFNO3. The van der Waals surface area contributed by atoms with Crippen molar-refractivity contribution in [2.45, 2.75) is 12.5 Å². The molecule has 0 saturated carbocycles. The maximum Gasteiger partial charge on any atom is 0.333 e. The van der Waals surface area contributed by atoms with Gasteiger partial charge in [-0.05, 0) is 19.1 Å². The molecule has 1 unspecified atom stereocenters. The summed E-state index contributed by atoms with van der Waals surface area (Å²) in [4.78, 5) is 21.5. The molecule has 0 aliphatic heterocycles. The first kappa shape index (κ1) is 12.4. The molecule has 2 N–H and O–H groups in total. The van der Waals surface area contributed by atoms with E-state index in [2.05, 4.69) is 5.32 Å². The second-order valence-electron chi connectivity index (χ2n) is 3.32. The van der Waals surface area contributed by atoms with Crippen molar-refractivity contribution in [3.05, 3.63) is 34.6 Å². The number of benzene rings is 1. The molecule has 0 bridgehead atoms. The highest BCUT2D eigenvalue weighted by molar-refractivity contribution is 6.31. The molecule has 0 aliphatic rings. The Bertz CT molecular complexity index is 438. The fourth-order valence-corrected chi connectivity index (χ4v) is 1.62. The predicted octanol–water partition coefficient (Wildman–Crippen LogP) is 1.52. The molecule has 6 heteroatoms. The highest BCUT2D eigenvalue weighted by atomic mass is 35.5. The van der Waals surface area contributed by atoms with Crippen LogP contribution >= 0.6 is 11.6 Å². The van der Waals surface area contributed by atoms with Crippen LogP contribution in [0.5, 0.6) is 0 Å². The number of carboxylic acids is 1. The molecule has 0 heterocycles. The quantitative estimate of drug-likeness (QED) is 0.791. The lowest BCUT2D eigenvalue weighted by Crippen LogP contribution is -2.46. The van der Waals surface area contributed by atoms with Gasteiger partial charge in [0.05, 0.1) is 0 Å². The topological polar surface area (TPSA) is 66.4 Å². The first-order valence-electron chi connectivity index (χ1n) is 4.32. The molecule has 4 nitrogen and oxygen atoms in total. The Labute approximate surface area is 96.0 Å². The molecule has 0 spiro atoms. The molecule has 1 aromatic rings. The number of rotatable bonds is 4. The average Bonchev–Trinajstić information content (AvgIpc) is 2.17. The van der Waals surface area contributed by atoms with E-state index in [-0.39, 0.29) is 17.0 Å². The predicted molar refractivity (Wildman–Crippen MR) is 55.6 cm³/mol. The first-order chi connectivity index (χ1) is 7.41. The fraction of sp³-hybridized carbons (Fsp3) is 0.200. The zero-order chi connectivity index (χ0) is 12.3. The third-order valence-corrected chi connectivity index (χ3v) is 2.56. The molecule has 1 rings (SSSR count). The van der Waals surface area contributed by atoms with Crippen LogP contribution in [0.1, 0.15) is 12.5 Å². The summed E-state index contributed by atoms with van der Waals surface area (Å²) in [6.07, 6.45) is 0.258. The Balaban J connectivity index is 3.31. The van der Waals surface area contributed by atoms with Crippen LogP contribution in [0.4, 0.5) is 4.39 Å². The highest BCUT2D eigenvalue weighted by Gasteiger charge is 2.36. The highest BCUT2D eigenvalue weighted by Crippen LogP contribution is 2.28. The molecule has 0 fully saturated rings. The van der Waals surface area contributed by atoms with Gasteiger partial charge in [-0.2, -0.15) is 0 Å². The summed E-state index contributed by atoms with van der Waals surface area (Å²) in [6, 6.07) is 3.29. The molecule has 0 saturated heterocycles. The molecule has 0 aliphatic carbocycles. The molecule has 1 aromatic carbocycles. The third-order valence-electron chi connectivity index (χ3n) is 2.25. The van der Waals surface area contributed by atoms with E-state index >= 15 is 0 Å². The minimum Gasteiger partial charge on any atom is -0.479 e. The van der Waals surface area contributed by atoms with Crippen LogP contribution in [0.3, 0.4) is 0 Å². The van der Waals surface area contributed by atoms with Crippen molar-refractivity contribution in [3.63, 3.8) is 0 Å². The lowest BCUT2D eigenvalue weighted by molar-refractivity contribution is -0.145. The van der Waals surface area contributed by atoms with Crippen LogP contribution in [-0.4, -0.2) is 17.5 Å². The van der Waals surface area contributed by atoms with Crippen LogP contribution in [-0.2, 0) is 15.1 Å². The molecule has 1 amide bonds. The van der Waals surface area contributed by atoms with E-state index in [1.807, 2.05) is 0 Å². The van der Waals surface area contributed by atoms with Gasteiger partial charge in [-0.25, -0.2) is 9.18 Å². The Morgan fingerprint density at radius 3 is 2.69 bits per heavy atom. The lowest BCUT2D eigenvalue weighted by Gasteiger charge is -2.25. The first-order valence-corrected chi connectivity index (χ1v) is 4.70. The normalized spacial score (nSPS) is 13.9. The minimum atomic E-state index is -1.67. The van der Waals surface area contributed by atoms with E-state index in [1.165, 1.54) is 13.0 Å². The average molecular weight is 246 g/mol. The van der Waals surface area contributed by atoms with Crippen molar-refractivity contribution in [1.29, 1.82) is 0 Å². The lowest BCUT2D eigenvalue weighted by atomic mass is 9.92. The number of hydrogen-bond donors (Lipinski definition) is 2. The van der Waals surface area contributed by atoms with Crippen LogP contribution in [0.15, 0.2) is 18.2 Å². The van der Waals surface area contributed by atoms with Crippen molar-refractivity contribution in [1.82, 2.24) is 5.32 Å². The number of aliphatic carboxylic acids is 1. The van der Waals surface area contributed by atoms with E-state index in [1.54, 1.807) is 0 Å². The summed E-state index contributed by atoms with van der Waals surface area (Å²) in [7, 11) is 0. The van der Waals surface area contributed by atoms with Gasteiger partial charge in [0.2, 0.25) is 6.41 Å². The van der Waals surface area contributed by atoms with E-state index in [9.17, 15) is 14.0 Å². The van der Waals surface area contributed by atoms with Crippen LogP contribution in [0, 0.1) is 5.82 Å². The van der Waals surface area contributed by atoms with E-state index in [0.717, 1.165) is 12.1 Å². The molecule has 1 atom stereocenters. The number of amides is 1. The minimum absolute atomic E-state index is 0.0562. The van der Waals surface area contributed by atoms with E-state index in [4.69, 9.17) is 16.7 Å². The van der Waals surface area contributed by atoms with Crippen molar-refractivity contribution in [2.24, 2.45) is 0 Å². The second-order valence-corrected chi connectivity index (χ2v) is 3.72. The van der Waals surface area contributed by atoms with Gasteiger partial charge in [0, 0.05) is 10.6 Å². The monoisotopic (exact) mass is 245 g/mol. The van der Waals surface area contributed by atoms with Crippen LogP contribution < -0.4 is 5.32 Å². The Kier molecular flexibility index (Phi) is 3.49. The van der Waals surface area contributed by atoms with Gasteiger partial charge in [0.25, 0.3) is 0 Å². The third kappa shape index (κ3) is 2.14. The maximum atomic E-state index is 12.8. The van der Waals surface area contributed by atoms with Gasteiger partial charge >= 0.3 is 5.97 Å². The molecule has 16 heavy (non-hydrogen) atoms. The number of carbonyl (C=O) groups is 2. The maximum absolute atomic E-state index is 12.8. The summed E-state index contributed by atoms with van der Waals surface area (Å²) in [6.45, 7) is 1.27. The largest absolute Gasteiger partial charge is 0.479 e. The van der Waals surface area contributed by atoms with Crippen molar-refractivity contribution >= 4 is 24.0 Å². The smallest absolute Gasteiger partial charge is 0.333 e. The van der Waals surface area contributed by atoms with Gasteiger partial charge in [0.15, 0.2) is 5.54 Å². The van der Waals surface area contributed by atoms with Crippen LogP contribution in [0.2, 0.25) is 5.02 Å². The number of halogens is 2. The fourth-order valence-electron chi connectivity index (χ4n) is 1.27. The Morgan fingerprint density at radius 2 is 2.25 bits per heavy atom. The molecular weight excluding hydrogens is 237 g/mol. The standard InChI is InChI=1S/C10H9ClFNO3/c1-10(9(15)16,13-5-14)7-3-2-6(12)4-8(7)11/h2-5H,1H3,(H,13,14)(H,15,16). The molecule has 0 aromatic heterocycles. The van der Waals surface area contributed by atoms with Gasteiger partial charge in [-0.1, -0.05) is 17.7 Å². The van der Waals surface area contributed by atoms with Crippen molar-refractivity contribution < 1.29 is 19.1 Å². The molecule has 86 valence electrons. The number of carboxylic acid groups (broad SMARTS) is 1.